The van der Waals surface area contributed by atoms with Crippen LogP contribution >= 0.6 is 0 Å². The maximum atomic E-state index is 11.7. The zero-order chi connectivity index (χ0) is 10.9. The maximum Gasteiger partial charge on any atom is 0.330 e. The zero-order valence-electron chi connectivity index (χ0n) is 8.87. The van der Waals surface area contributed by atoms with E-state index in [4.69, 9.17) is 0 Å². The number of aromatic nitrogens is 2. The highest BCUT2D eigenvalue weighted by Gasteiger charge is 2.06. The molecule has 0 N–H and O–H groups in total. The summed E-state index contributed by atoms with van der Waals surface area (Å²) in [6.07, 6.45) is 3.42. The third-order valence-electron chi connectivity index (χ3n) is 2.30. The topological polar surface area (TPSA) is 44.0 Å². The first kappa shape index (κ1) is 10.5. The van der Waals surface area contributed by atoms with Crippen LogP contribution in [0.15, 0.2) is 21.9 Å². The predicted molar refractivity (Wildman–Crippen MR) is 56.2 cm³/mol. The van der Waals surface area contributed by atoms with Gasteiger partial charge in [0.05, 0.1) is 5.56 Å². The van der Waals surface area contributed by atoms with Gasteiger partial charge in [0.15, 0.2) is 0 Å². The van der Waals surface area contributed by atoms with Crippen LogP contribution in [0, 0.1) is 0 Å². The van der Waals surface area contributed by atoms with Gasteiger partial charge in [0.25, 0.3) is 5.56 Å². The van der Waals surface area contributed by atoms with Crippen LogP contribution < -0.4 is 11.2 Å². The molecule has 0 saturated heterocycles. The molecule has 1 aromatic heterocycles. The Bertz CT molecular complexity index is 492. The number of rotatable bonds is 1. The van der Waals surface area contributed by atoms with Crippen LogP contribution in [0.1, 0.15) is 19.4 Å². The number of hydrogen-bond acceptors (Lipinski definition) is 2. The van der Waals surface area contributed by atoms with E-state index in [1.165, 1.54) is 11.6 Å². The fraction of sp³-hybridized carbons (Fsp3) is 0.400. The summed E-state index contributed by atoms with van der Waals surface area (Å²) < 4.78 is 2.52. The zero-order valence-corrected chi connectivity index (χ0v) is 8.87. The minimum absolute atomic E-state index is 0.247. The van der Waals surface area contributed by atoms with Gasteiger partial charge in [0.1, 0.15) is 0 Å². The third kappa shape index (κ3) is 1.55. The van der Waals surface area contributed by atoms with Gasteiger partial charge in [0, 0.05) is 20.3 Å². The van der Waals surface area contributed by atoms with Gasteiger partial charge in [-0.1, -0.05) is 6.08 Å². The summed E-state index contributed by atoms with van der Waals surface area (Å²) >= 11 is 0. The third-order valence-corrected chi connectivity index (χ3v) is 2.30. The Hall–Kier alpha value is -1.58. The normalized spacial score (nSPS) is 11.9. The fourth-order valence-electron chi connectivity index (χ4n) is 1.23. The minimum atomic E-state index is -0.303. The number of aryl methyl sites for hydroxylation is 1. The Labute approximate surface area is 82.1 Å². The Morgan fingerprint density at radius 2 is 1.93 bits per heavy atom. The van der Waals surface area contributed by atoms with Gasteiger partial charge in [-0.15, -0.1) is 0 Å². The summed E-state index contributed by atoms with van der Waals surface area (Å²) in [6.45, 7) is 3.71. The molecule has 76 valence electrons. The second-order valence-electron chi connectivity index (χ2n) is 3.27. The lowest BCUT2D eigenvalue weighted by molar-refractivity contribution is 0.682. The van der Waals surface area contributed by atoms with Gasteiger partial charge < -0.3 is 4.57 Å². The van der Waals surface area contributed by atoms with Crippen molar-refractivity contribution < 1.29 is 0 Å². The van der Waals surface area contributed by atoms with Crippen LogP contribution in [0.4, 0.5) is 0 Å². The molecular weight excluding hydrogens is 180 g/mol. The molecular formula is C10H14N2O2. The molecule has 14 heavy (non-hydrogen) atoms. The molecule has 1 rings (SSSR count). The van der Waals surface area contributed by atoms with Crippen molar-refractivity contribution in [1.82, 2.24) is 9.13 Å². The number of nitrogens with zero attached hydrogens (tertiary/aromatic N) is 2. The van der Waals surface area contributed by atoms with Gasteiger partial charge in [-0.05, 0) is 19.4 Å². The quantitative estimate of drug-likeness (QED) is 0.653. The highest BCUT2D eigenvalue weighted by Crippen LogP contribution is 2.05. The summed E-state index contributed by atoms with van der Waals surface area (Å²) in [4.78, 5) is 23.0. The lowest BCUT2D eigenvalue weighted by Crippen LogP contribution is -2.38. The Balaban J connectivity index is 3.66. The Morgan fingerprint density at radius 1 is 1.36 bits per heavy atom. The molecule has 0 amide bonds. The number of hydrogen-bond donors (Lipinski definition) is 0. The molecule has 1 heterocycles. The van der Waals surface area contributed by atoms with Crippen molar-refractivity contribution in [3.8, 4) is 0 Å². The van der Waals surface area contributed by atoms with Gasteiger partial charge in [-0.2, -0.15) is 0 Å². The molecule has 4 heteroatoms. The van der Waals surface area contributed by atoms with Gasteiger partial charge >= 0.3 is 5.69 Å². The predicted octanol–water partition coefficient (Wildman–Crippen LogP) is 0.507. The van der Waals surface area contributed by atoms with Crippen molar-refractivity contribution in [3.63, 3.8) is 0 Å². The maximum absolute atomic E-state index is 11.7. The molecule has 0 aliphatic heterocycles. The van der Waals surface area contributed by atoms with Crippen LogP contribution in [0.5, 0.6) is 0 Å². The van der Waals surface area contributed by atoms with E-state index in [0.29, 0.717) is 5.56 Å². The van der Waals surface area contributed by atoms with Crippen LogP contribution in [0.25, 0.3) is 5.57 Å². The van der Waals surface area contributed by atoms with Crippen molar-refractivity contribution in [1.29, 1.82) is 0 Å². The SMILES string of the molecule is C/C=C(\C)c1cn(C)c(=O)n(C)c1=O. The highest BCUT2D eigenvalue weighted by molar-refractivity contribution is 5.61. The van der Waals surface area contributed by atoms with Crippen LogP contribution in [0.3, 0.4) is 0 Å². The van der Waals surface area contributed by atoms with Gasteiger partial charge in [-0.25, -0.2) is 4.79 Å². The standard InChI is InChI=1S/C10H14N2O2/c1-5-7(2)8-6-11(3)10(14)12(4)9(8)13/h5-6H,1-4H3/b7-5+. The Morgan fingerprint density at radius 3 is 2.43 bits per heavy atom. The summed E-state index contributed by atoms with van der Waals surface area (Å²) in [6, 6.07) is 0. The molecule has 0 fully saturated rings. The van der Waals surface area contributed by atoms with E-state index >= 15 is 0 Å². The van der Waals surface area contributed by atoms with Gasteiger partial charge in [0.2, 0.25) is 0 Å². The second kappa shape index (κ2) is 3.65. The summed E-state index contributed by atoms with van der Waals surface area (Å²) in [7, 11) is 3.12. The fourth-order valence-corrected chi connectivity index (χ4v) is 1.23. The molecule has 0 aliphatic carbocycles. The molecule has 0 atom stereocenters. The van der Waals surface area contributed by atoms with Crippen molar-refractivity contribution in [3.05, 3.63) is 38.7 Å². The number of allylic oxidation sites excluding steroid dienone is 2. The van der Waals surface area contributed by atoms with E-state index < -0.39 is 0 Å². The van der Waals surface area contributed by atoms with Crippen molar-refractivity contribution in [2.45, 2.75) is 13.8 Å². The monoisotopic (exact) mass is 194 g/mol. The summed E-state index contributed by atoms with van der Waals surface area (Å²) in [5.41, 5.74) is 0.893. The summed E-state index contributed by atoms with van der Waals surface area (Å²) in [5.74, 6) is 0. The van der Waals surface area contributed by atoms with E-state index in [2.05, 4.69) is 0 Å². The van der Waals surface area contributed by atoms with Crippen molar-refractivity contribution >= 4 is 5.57 Å². The second-order valence-corrected chi connectivity index (χ2v) is 3.27. The first-order chi connectivity index (χ1) is 6.49. The van der Waals surface area contributed by atoms with Crippen molar-refractivity contribution in [2.24, 2.45) is 14.1 Å². The molecule has 1 aromatic rings. The largest absolute Gasteiger partial charge is 0.330 e. The summed E-state index contributed by atoms with van der Waals surface area (Å²) in [5, 5.41) is 0. The minimum Gasteiger partial charge on any atom is -0.303 e. The lowest BCUT2D eigenvalue weighted by Gasteiger charge is -2.06. The first-order valence-corrected chi connectivity index (χ1v) is 4.39. The van der Waals surface area contributed by atoms with Crippen LogP contribution in [-0.2, 0) is 14.1 Å². The van der Waals surface area contributed by atoms with E-state index in [9.17, 15) is 9.59 Å². The molecule has 0 bridgehead atoms. The smallest absolute Gasteiger partial charge is 0.303 e. The van der Waals surface area contributed by atoms with Gasteiger partial charge in [-0.3, -0.25) is 9.36 Å². The van der Waals surface area contributed by atoms with E-state index in [1.807, 2.05) is 19.9 Å². The lowest BCUT2D eigenvalue weighted by atomic mass is 10.1. The highest BCUT2D eigenvalue weighted by atomic mass is 16.2. The van der Waals surface area contributed by atoms with Crippen LogP contribution in [0.2, 0.25) is 0 Å². The molecule has 0 unspecified atom stereocenters. The van der Waals surface area contributed by atoms with Crippen LogP contribution in [-0.4, -0.2) is 9.13 Å². The molecule has 0 saturated carbocycles. The molecule has 4 nitrogen and oxygen atoms in total. The molecule has 0 radical (unpaired) electrons. The van der Waals surface area contributed by atoms with E-state index in [-0.39, 0.29) is 11.2 Å². The van der Waals surface area contributed by atoms with E-state index in [0.717, 1.165) is 10.1 Å². The molecule has 0 aliphatic rings. The van der Waals surface area contributed by atoms with E-state index in [1.54, 1.807) is 13.2 Å². The Kier molecular flexibility index (Phi) is 2.74. The average Bonchev–Trinajstić information content (AvgIpc) is 2.19. The molecule has 0 spiro atoms. The van der Waals surface area contributed by atoms with Crippen molar-refractivity contribution in [2.75, 3.05) is 0 Å². The first-order valence-electron chi connectivity index (χ1n) is 4.39. The average molecular weight is 194 g/mol. The molecule has 0 aromatic carbocycles.